The number of unbranched alkanes of at least 4 members (excludes halogenated alkanes) is 16. The van der Waals surface area contributed by atoms with E-state index < -0.39 is 62.9 Å². The summed E-state index contributed by atoms with van der Waals surface area (Å²) in [4.78, 5) is 0. The van der Waals surface area contributed by atoms with Gasteiger partial charge < -0.3 is 42.0 Å². The standard InChI is InChI=1S/C88H148O9Si2/c1-25-33-41-61-81(9,10)89-69-53-49-57-73(77(69)93-85(17,18)65-45-37-29-5)98(74-58-50-54-70(90-82(11,12)62-42-34-26-2)78(74)94-86(19,20)66-46-38-30-6)97-99(75-59-51-55-71(91-83(13,14)63-43-35-27-3)79(75)95-87(21,22)67-47-39-31-7)76-60-52-56-72(92-84(15,16)64-44-36-28-4)80(76)96-88(23,24)68-48-40-32-8/h49-60H,25-48,61-68H2,1-24H3. The molecule has 0 saturated carbocycles. The first kappa shape index (κ1) is 87.1. The second kappa shape index (κ2) is 41.8. The van der Waals surface area contributed by atoms with Gasteiger partial charge in [0.2, 0.25) is 0 Å². The predicted octanol–water partition coefficient (Wildman–Crippen LogP) is 24.5. The lowest BCUT2D eigenvalue weighted by Crippen LogP contribution is -2.58. The van der Waals surface area contributed by atoms with E-state index in [1.54, 1.807) is 0 Å². The molecule has 0 aliphatic heterocycles. The summed E-state index contributed by atoms with van der Waals surface area (Å²) in [5, 5.41) is 3.72. The molecule has 0 heterocycles. The highest BCUT2D eigenvalue weighted by atomic mass is 28.4. The van der Waals surface area contributed by atoms with Gasteiger partial charge in [0.15, 0.2) is 46.0 Å². The van der Waals surface area contributed by atoms with Crippen molar-refractivity contribution >= 4 is 38.8 Å². The molecule has 2 radical (unpaired) electrons. The molecule has 0 unspecified atom stereocenters. The molecule has 0 aromatic heterocycles. The average molecular weight is 1410 g/mol. The van der Waals surface area contributed by atoms with Gasteiger partial charge in [-0.15, -0.1) is 0 Å². The van der Waals surface area contributed by atoms with Crippen LogP contribution in [0.2, 0.25) is 0 Å². The molecule has 0 amide bonds. The second-order valence-corrected chi connectivity index (χ2v) is 38.1. The minimum absolute atomic E-state index is 0.517. The van der Waals surface area contributed by atoms with Crippen LogP contribution in [0.3, 0.4) is 0 Å². The minimum atomic E-state index is -2.67. The van der Waals surface area contributed by atoms with Gasteiger partial charge in [0.25, 0.3) is 18.1 Å². The molecule has 4 rings (SSSR count). The van der Waals surface area contributed by atoms with E-state index in [2.05, 4.69) is 239 Å². The number of hydrogen-bond donors (Lipinski definition) is 0. The Morgan fingerprint density at radius 3 is 0.515 bits per heavy atom. The van der Waals surface area contributed by atoms with E-state index in [4.69, 9.17) is 42.0 Å². The van der Waals surface area contributed by atoms with Crippen LogP contribution in [-0.2, 0) is 4.12 Å². The lowest BCUT2D eigenvalue weighted by molar-refractivity contribution is 0.0655. The van der Waals surface area contributed by atoms with Gasteiger partial charge in [-0.2, -0.15) is 0 Å². The first-order chi connectivity index (χ1) is 46.7. The Morgan fingerprint density at radius 1 is 0.212 bits per heavy atom. The van der Waals surface area contributed by atoms with Gasteiger partial charge in [0.05, 0.1) is 0 Å². The highest BCUT2D eigenvalue weighted by molar-refractivity contribution is 6.93. The van der Waals surface area contributed by atoms with Crippen molar-refractivity contribution in [2.24, 2.45) is 0 Å². The number of benzene rings is 4. The normalized spacial score (nSPS) is 12.9. The first-order valence-electron chi connectivity index (χ1n) is 40.1. The summed E-state index contributed by atoms with van der Waals surface area (Å²) in [6, 6.07) is 26.3. The highest BCUT2D eigenvalue weighted by Crippen LogP contribution is 2.42. The van der Waals surface area contributed by atoms with Crippen molar-refractivity contribution in [1.82, 2.24) is 0 Å². The largest absolute Gasteiger partial charge is 0.484 e. The van der Waals surface area contributed by atoms with Gasteiger partial charge in [-0.3, -0.25) is 0 Å². The molecule has 0 spiro atoms. The number of para-hydroxylation sites is 4. The fourth-order valence-corrected chi connectivity index (χ4v) is 18.9. The van der Waals surface area contributed by atoms with Gasteiger partial charge in [0, 0.05) is 20.7 Å². The molecular weight excluding hydrogens is 1260 g/mol. The van der Waals surface area contributed by atoms with Crippen molar-refractivity contribution in [2.45, 2.75) is 416 Å². The van der Waals surface area contributed by atoms with Crippen LogP contribution >= 0.6 is 0 Å². The molecule has 0 atom stereocenters. The predicted molar refractivity (Wildman–Crippen MR) is 428 cm³/mol. The summed E-state index contributed by atoms with van der Waals surface area (Å²) in [5.41, 5.74) is -4.44. The van der Waals surface area contributed by atoms with Crippen molar-refractivity contribution < 1.29 is 42.0 Å². The fourth-order valence-electron chi connectivity index (χ4n) is 13.2. The summed E-state index contributed by atoms with van der Waals surface area (Å²) in [6.45, 7) is 54.1. The van der Waals surface area contributed by atoms with Gasteiger partial charge in [-0.25, -0.2) is 0 Å². The Morgan fingerprint density at radius 2 is 0.364 bits per heavy atom. The van der Waals surface area contributed by atoms with E-state index >= 15 is 0 Å². The molecule has 4 aromatic carbocycles. The van der Waals surface area contributed by atoms with Crippen LogP contribution in [0.1, 0.15) is 372 Å². The van der Waals surface area contributed by atoms with E-state index in [1.807, 2.05) is 0 Å². The molecule has 0 aliphatic rings. The van der Waals surface area contributed by atoms with Crippen LogP contribution in [0, 0.1) is 0 Å². The Labute approximate surface area is 612 Å². The average Bonchev–Trinajstić information content (AvgIpc) is 0.757. The maximum atomic E-state index is 8.93. The molecule has 0 fully saturated rings. The summed E-state index contributed by atoms with van der Waals surface area (Å²) >= 11 is 0. The zero-order valence-electron chi connectivity index (χ0n) is 68.2. The van der Waals surface area contributed by atoms with Crippen LogP contribution in [0.15, 0.2) is 72.8 Å². The summed E-state index contributed by atoms with van der Waals surface area (Å²) in [6.07, 6.45) is 33.2. The highest BCUT2D eigenvalue weighted by Gasteiger charge is 2.43. The molecule has 99 heavy (non-hydrogen) atoms. The van der Waals surface area contributed by atoms with E-state index in [0.29, 0.717) is 46.0 Å². The number of hydrogen-bond acceptors (Lipinski definition) is 9. The lowest BCUT2D eigenvalue weighted by Gasteiger charge is -2.37. The fraction of sp³-hybridized carbons (Fsp3) is 0.727. The Kier molecular flexibility index (Phi) is 36.8. The third-order valence-corrected chi connectivity index (χ3v) is 24.4. The maximum absolute atomic E-state index is 8.93. The van der Waals surface area contributed by atoms with E-state index in [1.165, 1.54) is 0 Å². The molecule has 11 heteroatoms. The van der Waals surface area contributed by atoms with Gasteiger partial charge in [0.1, 0.15) is 44.8 Å². The molecule has 0 bridgehead atoms. The third kappa shape index (κ3) is 30.9. The Balaban J connectivity index is 2.50. The molecule has 4 aromatic rings. The molecule has 9 nitrogen and oxygen atoms in total. The first-order valence-corrected chi connectivity index (χ1v) is 43.0. The lowest BCUT2D eigenvalue weighted by atomic mass is 10.00. The SMILES string of the molecule is CCCCCC(C)(C)Oc1cccc([Si](O[Si](c2cccc(OC(C)(C)CCCCC)c2OC(C)(C)CCCCC)c2cccc(OC(C)(C)CCCCC)c2OC(C)(C)CCCCC)c2cccc(OC(C)(C)CCCCC)c2OC(C)(C)CCCCC)c1OC(C)(C)CCCCC. The molecule has 0 saturated heterocycles. The topological polar surface area (TPSA) is 83.1 Å². The van der Waals surface area contributed by atoms with Crippen LogP contribution in [-0.4, -0.2) is 62.9 Å². The number of rotatable bonds is 54. The third-order valence-electron chi connectivity index (χ3n) is 19.2. The van der Waals surface area contributed by atoms with E-state index in [0.717, 1.165) is 226 Å². The molecule has 0 aliphatic carbocycles. The minimum Gasteiger partial charge on any atom is -0.484 e. The maximum Gasteiger partial charge on any atom is 0.280 e. The van der Waals surface area contributed by atoms with E-state index in [9.17, 15) is 0 Å². The Hall–Kier alpha value is -4.33. The number of ether oxygens (including phenoxy) is 8. The van der Waals surface area contributed by atoms with Crippen LogP contribution in [0.5, 0.6) is 46.0 Å². The summed E-state index contributed by atoms with van der Waals surface area (Å²) < 4.78 is 70.2. The zero-order valence-corrected chi connectivity index (χ0v) is 70.2. The molecule has 0 N–H and O–H groups in total. The van der Waals surface area contributed by atoms with Gasteiger partial charge in [-0.05, 0) is 238 Å². The zero-order chi connectivity index (χ0) is 73.6. The van der Waals surface area contributed by atoms with Crippen LogP contribution < -0.4 is 58.6 Å². The van der Waals surface area contributed by atoms with E-state index in [-0.39, 0.29) is 0 Å². The van der Waals surface area contributed by atoms with Crippen molar-refractivity contribution in [1.29, 1.82) is 0 Å². The van der Waals surface area contributed by atoms with Crippen molar-refractivity contribution in [3.63, 3.8) is 0 Å². The van der Waals surface area contributed by atoms with Gasteiger partial charge in [-0.1, -0.05) is 207 Å². The van der Waals surface area contributed by atoms with Crippen molar-refractivity contribution in [2.75, 3.05) is 0 Å². The molecule has 562 valence electrons. The quantitative estimate of drug-likeness (QED) is 0.0317. The van der Waals surface area contributed by atoms with Crippen molar-refractivity contribution in [3.05, 3.63) is 72.8 Å². The monoisotopic (exact) mass is 1410 g/mol. The second-order valence-electron chi connectivity index (χ2n) is 33.8. The van der Waals surface area contributed by atoms with Crippen LogP contribution in [0.4, 0.5) is 0 Å². The molecular formula is C88H148O9Si2. The smallest absolute Gasteiger partial charge is 0.280 e. The summed E-state index contributed by atoms with van der Waals surface area (Å²) in [5.74, 6) is 5.66. The van der Waals surface area contributed by atoms with Gasteiger partial charge >= 0.3 is 0 Å². The van der Waals surface area contributed by atoms with Crippen molar-refractivity contribution in [3.8, 4) is 46.0 Å². The van der Waals surface area contributed by atoms with Crippen LogP contribution in [0.25, 0.3) is 0 Å². The Bertz CT molecular complexity index is 2520. The summed E-state index contributed by atoms with van der Waals surface area (Å²) in [7, 11) is -5.35.